The maximum absolute atomic E-state index is 13.4. The van der Waals surface area contributed by atoms with Gasteiger partial charge in [0.2, 0.25) is 5.91 Å². The summed E-state index contributed by atoms with van der Waals surface area (Å²) in [6.45, 7) is 2.43. The highest BCUT2D eigenvalue weighted by Gasteiger charge is 2.25. The molecule has 0 aliphatic heterocycles. The first-order chi connectivity index (χ1) is 15.3. The van der Waals surface area contributed by atoms with Crippen molar-refractivity contribution in [2.45, 2.75) is 39.3 Å². The van der Waals surface area contributed by atoms with Crippen LogP contribution in [0.1, 0.15) is 30.9 Å². The molecular weight excluding hydrogens is 451 g/mol. The van der Waals surface area contributed by atoms with E-state index >= 15 is 0 Å². The van der Waals surface area contributed by atoms with Crippen LogP contribution in [0, 0.1) is 0 Å². The first kappa shape index (κ1) is 23.6. The third-order valence-corrected chi connectivity index (χ3v) is 5.78. The maximum Gasteiger partial charge on any atom is 0.330 e. The van der Waals surface area contributed by atoms with E-state index in [1.165, 1.54) is 9.47 Å². The lowest BCUT2D eigenvalue weighted by atomic mass is 10.1. The quantitative estimate of drug-likeness (QED) is 0.514. The zero-order chi connectivity index (χ0) is 23.3. The number of nitrogens with one attached hydrogen (secondary N) is 1. The average molecular weight is 475 g/mol. The van der Waals surface area contributed by atoms with Crippen molar-refractivity contribution in [2.75, 3.05) is 10.6 Å². The second-order valence-corrected chi connectivity index (χ2v) is 8.20. The van der Waals surface area contributed by atoms with Gasteiger partial charge in [-0.15, -0.1) is 0 Å². The van der Waals surface area contributed by atoms with Crippen molar-refractivity contribution in [3.8, 4) is 0 Å². The highest BCUT2D eigenvalue weighted by atomic mass is 35.5. The molecule has 0 atom stereocenters. The molecule has 0 aliphatic carbocycles. The SMILES string of the molecule is CCCCn1c(N)c(N(Cc2ccccc2)C(=O)Cc2ccc(Cl)c(Cl)c2)c(=O)[nH]c1=O. The van der Waals surface area contributed by atoms with Crippen LogP contribution in [0.2, 0.25) is 10.0 Å². The summed E-state index contributed by atoms with van der Waals surface area (Å²) in [6, 6.07) is 14.1. The van der Waals surface area contributed by atoms with Gasteiger partial charge in [0.15, 0.2) is 5.69 Å². The molecule has 1 amide bonds. The van der Waals surface area contributed by atoms with Crippen LogP contribution >= 0.6 is 23.2 Å². The van der Waals surface area contributed by atoms with E-state index in [0.29, 0.717) is 28.6 Å². The van der Waals surface area contributed by atoms with Crippen LogP contribution < -0.4 is 21.9 Å². The van der Waals surface area contributed by atoms with Gasteiger partial charge in [-0.25, -0.2) is 4.79 Å². The molecule has 1 heterocycles. The Morgan fingerprint density at radius 1 is 1.06 bits per heavy atom. The molecule has 0 aliphatic rings. The zero-order valence-electron chi connectivity index (χ0n) is 17.6. The third kappa shape index (κ3) is 5.41. The molecule has 7 nitrogen and oxygen atoms in total. The number of nitrogen functional groups attached to an aromatic ring is 1. The molecule has 0 unspecified atom stereocenters. The van der Waals surface area contributed by atoms with E-state index < -0.39 is 11.2 Å². The second-order valence-electron chi connectivity index (χ2n) is 7.39. The summed E-state index contributed by atoms with van der Waals surface area (Å²) in [5.41, 5.74) is 6.36. The Morgan fingerprint density at radius 3 is 2.44 bits per heavy atom. The molecule has 0 saturated carbocycles. The normalized spacial score (nSPS) is 10.8. The minimum atomic E-state index is -0.710. The fourth-order valence-electron chi connectivity index (χ4n) is 3.35. The van der Waals surface area contributed by atoms with Crippen LogP contribution in [-0.2, 0) is 24.3 Å². The van der Waals surface area contributed by atoms with Crippen molar-refractivity contribution < 1.29 is 4.79 Å². The summed E-state index contributed by atoms with van der Waals surface area (Å²) >= 11 is 12.1. The van der Waals surface area contributed by atoms with Crippen molar-refractivity contribution in [1.82, 2.24) is 9.55 Å². The number of H-pyrrole nitrogens is 1. The Hall–Kier alpha value is -3.03. The molecule has 0 saturated heterocycles. The van der Waals surface area contributed by atoms with Crippen LogP contribution in [0.15, 0.2) is 58.1 Å². The minimum absolute atomic E-state index is 0.0311. The number of nitrogens with two attached hydrogens (primary N) is 1. The van der Waals surface area contributed by atoms with E-state index in [1.54, 1.807) is 18.2 Å². The number of halogens is 2. The second kappa shape index (κ2) is 10.5. The molecule has 0 fully saturated rings. The highest BCUT2D eigenvalue weighted by Crippen LogP contribution is 2.25. The van der Waals surface area contributed by atoms with Crippen molar-refractivity contribution in [3.05, 3.63) is 90.5 Å². The lowest BCUT2D eigenvalue weighted by molar-refractivity contribution is -0.118. The lowest BCUT2D eigenvalue weighted by Gasteiger charge is -2.25. The summed E-state index contributed by atoms with van der Waals surface area (Å²) in [4.78, 5) is 42.1. The van der Waals surface area contributed by atoms with Gasteiger partial charge in [-0.3, -0.25) is 24.0 Å². The topological polar surface area (TPSA) is 101 Å². The number of unbranched alkanes of at least 4 members (excludes halogenated alkanes) is 1. The number of aromatic amines is 1. The molecule has 1 aromatic heterocycles. The molecule has 0 spiro atoms. The van der Waals surface area contributed by atoms with Gasteiger partial charge in [-0.1, -0.05) is 72.9 Å². The minimum Gasteiger partial charge on any atom is -0.383 e. The monoisotopic (exact) mass is 474 g/mol. The first-order valence-electron chi connectivity index (χ1n) is 10.2. The number of rotatable bonds is 8. The fourth-order valence-corrected chi connectivity index (χ4v) is 3.67. The molecule has 32 heavy (non-hydrogen) atoms. The van der Waals surface area contributed by atoms with Crippen LogP contribution in [0.4, 0.5) is 11.5 Å². The zero-order valence-corrected chi connectivity index (χ0v) is 19.1. The summed E-state index contributed by atoms with van der Waals surface area (Å²) in [6.07, 6.45) is 1.51. The number of carbonyl (C=O) groups is 1. The molecule has 0 radical (unpaired) electrons. The largest absolute Gasteiger partial charge is 0.383 e. The first-order valence-corrected chi connectivity index (χ1v) is 11.0. The molecule has 3 N–H and O–H groups in total. The van der Waals surface area contributed by atoms with E-state index in [4.69, 9.17) is 28.9 Å². The number of aromatic nitrogens is 2. The lowest BCUT2D eigenvalue weighted by Crippen LogP contribution is -2.41. The van der Waals surface area contributed by atoms with Gasteiger partial charge in [-0.05, 0) is 29.7 Å². The molecule has 168 valence electrons. The molecule has 3 rings (SSSR count). The number of nitrogens with zero attached hydrogens (tertiary/aromatic N) is 2. The summed E-state index contributed by atoms with van der Waals surface area (Å²) < 4.78 is 1.30. The fraction of sp³-hybridized carbons (Fsp3) is 0.261. The number of anilines is 2. The molecule has 2 aromatic carbocycles. The van der Waals surface area contributed by atoms with Crippen LogP contribution in [0.3, 0.4) is 0 Å². The number of amides is 1. The number of carbonyl (C=O) groups excluding carboxylic acids is 1. The van der Waals surface area contributed by atoms with Gasteiger partial charge in [-0.2, -0.15) is 0 Å². The van der Waals surface area contributed by atoms with Gasteiger partial charge in [0, 0.05) is 6.54 Å². The predicted molar refractivity (Wildman–Crippen MR) is 128 cm³/mol. The molecule has 3 aromatic rings. The number of hydrogen-bond acceptors (Lipinski definition) is 4. The van der Waals surface area contributed by atoms with Gasteiger partial charge >= 0.3 is 5.69 Å². The van der Waals surface area contributed by atoms with Crippen LogP contribution in [-0.4, -0.2) is 15.5 Å². The number of hydrogen-bond donors (Lipinski definition) is 2. The van der Waals surface area contributed by atoms with Crippen LogP contribution in [0.25, 0.3) is 0 Å². The molecule has 0 bridgehead atoms. The van der Waals surface area contributed by atoms with Gasteiger partial charge in [0.05, 0.1) is 23.0 Å². The summed E-state index contributed by atoms with van der Waals surface area (Å²) in [7, 11) is 0. The maximum atomic E-state index is 13.4. The Morgan fingerprint density at radius 2 is 1.78 bits per heavy atom. The Kier molecular flexibility index (Phi) is 7.77. The Bertz CT molecular complexity index is 1220. The van der Waals surface area contributed by atoms with Crippen molar-refractivity contribution in [1.29, 1.82) is 0 Å². The van der Waals surface area contributed by atoms with Gasteiger partial charge < -0.3 is 5.73 Å². The average Bonchev–Trinajstić information content (AvgIpc) is 2.76. The van der Waals surface area contributed by atoms with E-state index in [1.807, 2.05) is 37.3 Å². The van der Waals surface area contributed by atoms with E-state index in [-0.39, 0.29) is 30.4 Å². The molecular formula is C23H24Cl2N4O3. The Balaban J connectivity index is 2.06. The van der Waals surface area contributed by atoms with Crippen molar-refractivity contribution >= 4 is 40.6 Å². The summed E-state index contributed by atoms with van der Waals surface area (Å²) in [5.74, 6) is -0.407. The van der Waals surface area contributed by atoms with Crippen molar-refractivity contribution in [2.24, 2.45) is 0 Å². The van der Waals surface area contributed by atoms with Gasteiger partial charge in [0.25, 0.3) is 5.56 Å². The number of benzene rings is 2. The highest BCUT2D eigenvalue weighted by molar-refractivity contribution is 6.42. The van der Waals surface area contributed by atoms with Crippen LogP contribution in [0.5, 0.6) is 0 Å². The standard InChI is InChI=1S/C23H24Cl2N4O3/c1-2-3-11-28-21(26)20(22(31)27-23(28)32)29(14-15-7-5-4-6-8-15)19(30)13-16-9-10-17(24)18(25)12-16/h4-10,12H,2-3,11,13-14,26H2,1H3,(H,27,31,32). The smallest absolute Gasteiger partial charge is 0.330 e. The van der Waals surface area contributed by atoms with Gasteiger partial charge in [0.1, 0.15) is 5.82 Å². The van der Waals surface area contributed by atoms with E-state index in [0.717, 1.165) is 12.0 Å². The third-order valence-electron chi connectivity index (χ3n) is 5.04. The van der Waals surface area contributed by atoms with Crippen molar-refractivity contribution in [3.63, 3.8) is 0 Å². The van der Waals surface area contributed by atoms with E-state index in [9.17, 15) is 14.4 Å². The Labute approximate surface area is 195 Å². The summed E-state index contributed by atoms with van der Waals surface area (Å²) in [5, 5.41) is 0.713. The molecule has 9 heteroatoms. The van der Waals surface area contributed by atoms with E-state index in [2.05, 4.69) is 4.98 Å². The predicted octanol–water partition coefficient (Wildman–Crippen LogP) is 4.00.